The molecular weight excluding hydrogens is 378 g/mol. The van der Waals surface area contributed by atoms with Crippen molar-refractivity contribution < 1.29 is 18.3 Å². The van der Waals surface area contributed by atoms with Crippen molar-refractivity contribution in [3.63, 3.8) is 0 Å². The van der Waals surface area contributed by atoms with Crippen molar-refractivity contribution in [3.05, 3.63) is 65.2 Å². The number of aryl methyl sites for hydroxylation is 1. The molecule has 156 valence electrons. The number of carbonyl (C=O) groups is 1. The zero-order chi connectivity index (χ0) is 21.1. The van der Waals surface area contributed by atoms with Crippen LogP contribution in [-0.4, -0.2) is 32.1 Å². The summed E-state index contributed by atoms with van der Waals surface area (Å²) in [5.74, 6) is 0.502. The summed E-state index contributed by atoms with van der Waals surface area (Å²) < 4.78 is 29.7. The van der Waals surface area contributed by atoms with Gasteiger partial charge in [-0.3, -0.25) is 9.79 Å². The van der Waals surface area contributed by atoms with Crippen LogP contribution in [0.1, 0.15) is 23.1 Å². The van der Waals surface area contributed by atoms with Crippen molar-refractivity contribution in [3.8, 4) is 5.75 Å². The number of nitrogens with zero attached hydrogens (tertiary/aromatic N) is 1. The Labute approximate surface area is 169 Å². The van der Waals surface area contributed by atoms with E-state index >= 15 is 0 Å². The number of hydrogen-bond acceptors (Lipinski definition) is 3. The largest absolute Gasteiger partial charge is 0.434 e. The summed E-state index contributed by atoms with van der Waals surface area (Å²) in [5, 5.41) is 8.93. The first-order chi connectivity index (χ1) is 14.0. The van der Waals surface area contributed by atoms with Crippen molar-refractivity contribution in [2.75, 3.05) is 13.6 Å². The molecule has 0 fully saturated rings. The topological polar surface area (TPSA) is 74.8 Å². The van der Waals surface area contributed by atoms with Gasteiger partial charge in [-0.1, -0.05) is 48.0 Å². The van der Waals surface area contributed by atoms with Crippen molar-refractivity contribution >= 4 is 11.9 Å². The first-order valence-electron chi connectivity index (χ1n) is 9.27. The summed E-state index contributed by atoms with van der Waals surface area (Å²) in [6.07, 6.45) is 0.276. The number of halogens is 2. The monoisotopic (exact) mass is 404 g/mol. The van der Waals surface area contributed by atoms with E-state index in [1.54, 1.807) is 19.2 Å². The quantitative estimate of drug-likeness (QED) is 0.444. The van der Waals surface area contributed by atoms with E-state index in [0.29, 0.717) is 24.6 Å². The van der Waals surface area contributed by atoms with Gasteiger partial charge in [-0.15, -0.1) is 0 Å². The predicted molar refractivity (Wildman–Crippen MR) is 109 cm³/mol. The molecule has 0 unspecified atom stereocenters. The van der Waals surface area contributed by atoms with E-state index in [2.05, 4.69) is 25.7 Å². The van der Waals surface area contributed by atoms with Crippen LogP contribution in [0.15, 0.2) is 53.5 Å². The van der Waals surface area contributed by atoms with Crippen LogP contribution in [-0.2, 0) is 17.9 Å². The molecule has 0 aliphatic heterocycles. The van der Waals surface area contributed by atoms with Crippen molar-refractivity contribution in [1.29, 1.82) is 0 Å². The highest BCUT2D eigenvalue weighted by atomic mass is 19.3. The summed E-state index contributed by atoms with van der Waals surface area (Å²) in [6, 6.07) is 14.7. The Bertz CT molecular complexity index is 814. The number of carbonyl (C=O) groups excluding carboxylic acids is 1. The van der Waals surface area contributed by atoms with Crippen LogP contribution in [0.5, 0.6) is 5.75 Å². The van der Waals surface area contributed by atoms with Gasteiger partial charge in [-0.25, -0.2) is 0 Å². The summed E-state index contributed by atoms with van der Waals surface area (Å²) in [4.78, 5) is 16.0. The number of guanidine groups is 1. The fourth-order valence-corrected chi connectivity index (χ4v) is 2.64. The number of amides is 1. The maximum atomic E-state index is 12.6. The molecule has 0 aliphatic carbocycles. The minimum Gasteiger partial charge on any atom is -0.434 e. The number of alkyl halides is 2. The Kier molecular flexibility index (Phi) is 8.88. The third-order valence-corrected chi connectivity index (χ3v) is 4.08. The van der Waals surface area contributed by atoms with Crippen LogP contribution in [0.25, 0.3) is 0 Å². The predicted octanol–water partition coefficient (Wildman–Crippen LogP) is 2.97. The lowest BCUT2D eigenvalue weighted by atomic mass is 10.1. The van der Waals surface area contributed by atoms with Gasteiger partial charge in [-0.2, -0.15) is 8.78 Å². The molecule has 3 N–H and O–H groups in total. The zero-order valence-electron chi connectivity index (χ0n) is 16.5. The van der Waals surface area contributed by atoms with Crippen LogP contribution in [0, 0.1) is 6.92 Å². The van der Waals surface area contributed by atoms with Crippen molar-refractivity contribution in [2.45, 2.75) is 33.0 Å². The number of nitrogens with one attached hydrogen (secondary N) is 3. The van der Waals surface area contributed by atoms with Crippen LogP contribution in [0.3, 0.4) is 0 Å². The fourth-order valence-electron chi connectivity index (χ4n) is 2.64. The number of ether oxygens (including phenoxy) is 1. The van der Waals surface area contributed by atoms with Gasteiger partial charge in [0, 0.05) is 38.7 Å². The molecule has 0 atom stereocenters. The highest BCUT2D eigenvalue weighted by molar-refractivity contribution is 5.81. The first-order valence-corrected chi connectivity index (χ1v) is 9.27. The first kappa shape index (κ1) is 22.1. The molecule has 0 radical (unpaired) electrons. The molecule has 29 heavy (non-hydrogen) atoms. The fraction of sp³-hybridized carbons (Fsp3) is 0.333. The maximum absolute atomic E-state index is 12.6. The van der Waals surface area contributed by atoms with Gasteiger partial charge in [0.25, 0.3) is 0 Å². The van der Waals surface area contributed by atoms with Gasteiger partial charge >= 0.3 is 6.61 Å². The second-order valence-corrected chi connectivity index (χ2v) is 6.35. The average molecular weight is 404 g/mol. The van der Waals surface area contributed by atoms with Gasteiger partial charge in [0.1, 0.15) is 5.75 Å². The van der Waals surface area contributed by atoms with Crippen LogP contribution >= 0.6 is 0 Å². The molecule has 0 saturated carbocycles. The van der Waals surface area contributed by atoms with E-state index in [9.17, 15) is 13.6 Å². The maximum Gasteiger partial charge on any atom is 0.387 e. The van der Waals surface area contributed by atoms with E-state index in [0.717, 1.165) is 11.1 Å². The van der Waals surface area contributed by atoms with Crippen LogP contribution < -0.4 is 20.7 Å². The Morgan fingerprint density at radius 1 is 1.07 bits per heavy atom. The highest BCUT2D eigenvalue weighted by Crippen LogP contribution is 2.21. The Morgan fingerprint density at radius 2 is 1.83 bits per heavy atom. The molecule has 2 rings (SSSR count). The number of aliphatic imine (C=N–C) groups is 1. The molecular formula is C21H26F2N4O2. The standard InChI is InChI=1S/C21H26F2N4O2/c1-15-8-9-18(29-20(22)23)17(12-15)14-27-21(24-2)25-11-10-19(28)26-13-16-6-4-3-5-7-16/h3-9,12,20H,10-11,13-14H2,1-2H3,(H,26,28)(H2,24,25,27). The van der Waals surface area contributed by atoms with E-state index < -0.39 is 6.61 Å². The van der Waals surface area contributed by atoms with Gasteiger partial charge in [0.15, 0.2) is 5.96 Å². The summed E-state index contributed by atoms with van der Waals surface area (Å²) >= 11 is 0. The molecule has 0 spiro atoms. The summed E-state index contributed by atoms with van der Waals surface area (Å²) in [7, 11) is 1.59. The second kappa shape index (κ2) is 11.6. The normalized spacial score (nSPS) is 11.3. The van der Waals surface area contributed by atoms with Gasteiger partial charge in [-0.05, 0) is 18.6 Å². The second-order valence-electron chi connectivity index (χ2n) is 6.35. The van der Waals surface area contributed by atoms with Crippen molar-refractivity contribution in [2.24, 2.45) is 4.99 Å². The SMILES string of the molecule is CN=C(NCCC(=O)NCc1ccccc1)NCc1cc(C)ccc1OC(F)F. The number of benzene rings is 2. The average Bonchev–Trinajstić information content (AvgIpc) is 2.71. The van der Waals surface area contributed by atoms with Gasteiger partial charge < -0.3 is 20.7 Å². The lowest BCUT2D eigenvalue weighted by Gasteiger charge is -2.15. The molecule has 6 nitrogen and oxygen atoms in total. The Hall–Kier alpha value is -3.16. The number of hydrogen-bond donors (Lipinski definition) is 3. The summed E-state index contributed by atoms with van der Waals surface area (Å²) in [6.45, 7) is 0.102. The zero-order valence-corrected chi connectivity index (χ0v) is 16.5. The smallest absolute Gasteiger partial charge is 0.387 e. The van der Waals surface area contributed by atoms with Crippen molar-refractivity contribution in [1.82, 2.24) is 16.0 Å². The van der Waals surface area contributed by atoms with E-state index in [1.807, 2.05) is 37.3 Å². The molecule has 2 aromatic rings. The van der Waals surface area contributed by atoms with Gasteiger partial charge in [0.05, 0.1) is 0 Å². The third-order valence-electron chi connectivity index (χ3n) is 4.08. The Morgan fingerprint density at radius 3 is 2.52 bits per heavy atom. The minimum absolute atomic E-state index is 0.0805. The van der Waals surface area contributed by atoms with Crippen LogP contribution in [0.4, 0.5) is 8.78 Å². The lowest BCUT2D eigenvalue weighted by Crippen LogP contribution is -2.39. The third kappa shape index (κ3) is 8.16. The van der Waals surface area contributed by atoms with E-state index in [4.69, 9.17) is 0 Å². The van der Waals surface area contributed by atoms with Gasteiger partial charge in [0.2, 0.25) is 5.91 Å². The molecule has 0 bridgehead atoms. The minimum atomic E-state index is -2.89. The van der Waals surface area contributed by atoms with E-state index in [1.165, 1.54) is 6.07 Å². The molecule has 0 aliphatic rings. The molecule has 8 heteroatoms. The Balaban J connectivity index is 1.77. The van der Waals surface area contributed by atoms with E-state index in [-0.39, 0.29) is 24.6 Å². The highest BCUT2D eigenvalue weighted by Gasteiger charge is 2.10. The summed E-state index contributed by atoms with van der Waals surface area (Å²) in [5.41, 5.74) is 2.56. The lowest BCUT2D eigenvalue weighted by molar-refractivity contribution is -0.121. The molecule has 0 aromatic heterocycles. The number of rotatable bonds is 9. The molecule has 0 heterocycles. The van der Waals surface area contributed by atoms with Crippen LogP contribution in [0.2, 0.25) is 0 Å². The molecule has 2 aromatic carbocycles. The molecule has 1 amide bonds. The molecule has 0 saturated heterocycles.